The lowest BCUT2D eigenvalue weighted by Gasteiger charge is -2.01. The molecule has 0 amide bonds. The van der Waals surface area contributed by atoms with Crippen LogP contribution >= 0.6 is 0 Å². The van der Waals surface area contributed by atoms with E-state index in [2.05, 4.69) is 15.1 Å². The molecule has 0 aliphatic rings. The van der Waals surface area contributed by atoms with E-state index in [9.17, 15) is 0 Å². The zero-order valence-corrected chi connectivity index (χ0v) is 10.0. The fourth-order valence-electron chi connectivity index (χ4n) is 1.95. The topological polar surface area (TPSA) is 69.6 Å². The summed E-state index contributed by atoms with van der Waals surface area (Å²) in [7, 11) is 1.85. The van der Waals surface area contributed by atoms with Crippen LogP contribution in [0.5, 0.6) is 0 Å². The van der Waals surface area contributed by atoms with Crippen molar-refractivity contribution in [3.05, 3.63) is 47.9 Å². The summed E-state index contributed by atoms with van der Waals surface area (Å²) in [5.74, 6) is 1.16. The van der Waals surface area contributed by atoms with Gasteiger partial charge in [0.1, 0.15) is 11.3 Å². The van der Waals surface area contributed by atoms with E-state index < -0.39 is 0 Å². The highest BCUT2D eigenvalue weighted by Gasteiger charge is 2.08. The molecule has 5 nitrogen and oxygen atoms in total. The van der Waals surface area contributed by atoms with E-state index in [0.29, 0.717) is 17.8 Å². The van der Waals surface area contributed by atoms with Crippen LogP contribution in [0.25, 0.3) is 11.0 Å². The average molecular weight is 239 g/mol. The predicted molar refractivity (Wildman–Crippen MR) is 70.0 cm³/mol. The van der Waals surface area contributed by atoms with Crippen LogP contribution < -0.4 is 5.73 Å². The zero-order valence-electron chi connectivity index (χ0n) is 10.0. The van der Waals surface area contributed by atoms with E-state index in [1.165, 1.54) is 5.56 Å². The van der Waals surface area contributed by atoms with Crippen molar-refractivity contribution in [3.63, 3.8) is 0 Å². The van der Waals surface area contributed by atoms with Gasteiger partial charge >= 0.3 is 0 Å². The van der Waals surface area contributed by atoms with Crippen molar-refractivity contribution in [2.45, 2.75) is 6.42 Å². The van der Waals surface area contributed by atoms with Crippen molar-refractivity contribution >= 4 is 16.9 Å². The number of hydrogen-bond acceptors (Lipinski definition) is 4. The minimum atomic E-state index is 0.437. The van der Waals surface area contributed by atoms with Gasteiger partial charge in [0.25, 0.3) is 0 Å². The number of aryl methyl sites for hydroxylation is 1. The number of fused-ring (bicyclic) bond motifs is 1. The largest absolute Gasteiger partial charge is 0.382 e. The first-order valence-electron chi connectivity index (χ1n) is 5.72. The lowest BCUT2D eigenvalue weighted by molar-refractivity contribution is 0.779. The number of hydrogen-bond donors (Lipinski definition) is 1. The highest BCUT2D eigenvalue weighted by Crippen LogP contribution is 2.16. The van der Waals surface area contributed by atoms with E-state index in [-0.39, 0.29) is 0 Å². The van der Waals surface area contributed by atoms with Gasteiger partial charge in [-0.2, -0.15) is 5.10 Å². The predicted octanol–water partition coefficient (Wildman–Crippen LogP) is 1.54. The lowest BCUT2D eigenvalue weighted by Crippen LogP contribution is -2.01. The Balaban J connectivity index is 2.02. The van der Waals surface area contributed by atoms with Gasteiger partial charge in [0.15, 0.2) is 11.3 Å². The number of nitrogens with two attached hydrogens (primary N) is 1. The molecule has 0 radical (unpaired) electrons. The van der Waals surface area contributed by atoms with Crippen molar-refractivity contribution in [3.8, 4) is 0 Å². The van der Waals surface area contributed by atoms with Gasteiger partial charge in [-0.05, 0) is 5.56 Å². The standard InChI is InChI=1S/C13H13N5/c1-18-8-10-12(17-18)13(14)16-11(15-10)7-9-5-3-2-4-6-9/h2-6,8H,7H2,1H3,(H2,14,15,16). The van der Waals surface area contributed by atoms with E-state index in [1.54, 1.807) is 4.68 Å². The molecule has 0 bridgehead atoms. The Morgan fingerprint density at radius 1 is 1.17 bits per heavy atom. The molecule has 0 saturated carbocycles. The molecule has 90 valence electrons. The van der Waals surface area contributed by atoms with Crippen molar-refractivity contribution in [2.24, 2.45) is 7.05 Å². The minimum absolute atomic E-state index is 0.437. The van der Waals surface area contributed by atoms with Gasteiger partial charge in [-0.1, -0.05) is 30.3 Å². The molecule has 3 aromatic rings. The molecule has 0 spiro atoms. The van der Waals surface area contributed by atoms with Crippen LogP contribution in [0.4, 0.5) is 5.82 Å². The second-order valence-corrected chi connectivity index (χ2v) is 4.22. The molecular weight excluding hydrogens is 226 g/mol. The molecule has 1 aromatic carbocycles. The summed E-state index contributed by atoms with van der Waals surface area (Å²) in [6.45, 7) is 0. The van der Waals surface area contributed by atoms with Crippen LogP contribution in [0.15, 0.2) is 36.5 Å². The Hall–Kier alpha value is -2.43. The minimum Gasteiger partial charge on any atom is -0.382 e. The fraction of sp³-hybridized carbons (Fsp3) is 0.154. The molecule has 18 heavy (non-hydrogen) atoms. The van der Waals surface area contributed by atoms with Crippen molar-refractivity contribution in [1.82, 2.24) is 19.7 Å². The number of anilines is 1. The summed E-state index contributed by atoms with van der Waals surface area (Å²) in [4.78, 5) is 8.78. The van der Waals surface area contributed by atoms with Crippen LogP contribution in [0.1, 0.15) is 11.4 Å². The van der Waals surface area contributed by atoms with Crippen molar-refractivity contribution in [1.29, 1.82) is 0 Å². The smallest absolute Gasteiger partial charge is 0.155 e. The third-order valence-corrected chi connectivity index (χ3v) is 2.76. The molecule has 0 saturated heterocycles. The maximum Gasteiger partial charge on any atom is 0.155 e. The SMILES string of the molecule is Cn1cc2nc(Cc3ccccc3)nc(N)c2n1. The number of nitrogens with zero attached hydrogens (tertiary/aromatic N) is 4. The summed E-state index contributed by atoms with van der Waals surface area (Å²) in [6, 6.07) is 10.1. The first kappa shape index (κ1) is 10.7. The molecule has 0 unspecified atom stereocenters. The first-order chi connectivity index (χ1) is 8.72. The van der Waals surface area contributed by atoms with Crippen LogP contribution in [0.3, 0.4) is 0 Å². The maximum atomic E-state index is 5.90. The third-order valence-electron chi connectivity index (χ3n) is 2.76. The lowest BCUT2D eigenvalue weighted by atomic mass is 10.1. The summed E-state index contributed by atoms with van der Waals surface area (Å²) in [5, 5.41) is 4.23. The first-order valence-corrected chi connectivity index (χ1v) is 5.72. The summed E-state index contributed by atoms with van der Waals surface area (Å²) in [5.41, 5.74) is 8.51. The van der Waals surface area contributed by atoms with E-state index >= 15 is 0 Å². The number of aromatic nitrogens is 4. The van der Waals surface area contributed by atoms with E-state index in [0.717, 1.165) is 11.3 Å². The second kappa shape index (κ2) is 4.10. The highest BCUT2D eigenvalue weighted by molar-refractivity contribution is 5.83. The van der Waals surface area contributed by atoms with Gasteiger partial charge in [0.2, 0.25) is 0 Å². The number of benzene rings is 1. The Labute approximate surface area is 104 Å². The van der Waals surface area contributed by atoms with Gasteiger partial charge in [0, 0.05) is 13.5 Å². The number of nitrogen functional groups attached to an aromatic ring is 1. The van der Waals surface area contributed by atoms with Crippen LogP contribution in [0, 0.1) is 0 Å². The number of rotatable bonds is 2. The molecule has 2 N–H and O–H groups in total. The molecule has 2 aromatic heterocycles. The molecule has 5 heteroatoms. The van der Waals surface area contributed by atoms with Gasteiger partial charge in [0.05, 0.1) is 6.20 Å². The molecular formula is C13H13N5. The Bertz CT molecular complexity index is 687. The van der Waals surface area contributed by atoms with Crippen LogP contribution in [-0.2, 0) is 13.5 Å². The Morgan fingerprint density at radius 2 is 1.94 bits per heavy atom. The summed E-state index contributed by atoms with van der Waals surface area (Å²) >= 11 is 0. The van der Waals surface area contributed by atoms with Crippen LogP contribution in [-0.4, -0.2) is 19.7 Å². The monoisotopic (exact) mass is 239 g/mol. The van der Waals surface area contributed by atoms with Gasteiger partial charge in [-0.3, -0.25) is 4.68 Å². The summed E-state index contributed by atoms with van der Waals surface area (Å²) in [6.07, 6.45) is 2.53. The fourth-order valence-corrected chi connectivity index (χ4v) is 1.95. The third kappa shape index (κ3) is 1.90. The average Bonchev–Trinajstić information content (AvgIpc) is 2.72. The van der Waals surface area contributed by atoms with Crippen molar-refractivity contribution in [2.75, 3.05) is 5.73 Å². The Morgan fingerprint density at radius 3 is 2.72 bits per heavy atom. The molecule has 0 fully saturated rings. The van der Waals surface area contributed by atoms with Gasteiger partial charge in [-0.25, -0.2) is 9.97 Å². The zero-order chi connectivity index (χ0) is 12.5. The molecule has 3 rings (SSSR count). The highest BCUT2D eigenvalue weighted by atomic mass is 15.3. The Kier molecular flexibility index (Phi) is 2.44. The maximum absolute atomic E-state index is 5.90. The van der Waals surface area contributed by atoms with Gasteiger partial charge < -0.3 is 5.73 Å². The molecule has 2 heterocycles. The summed E-state index contributed by atoms with van der Waals surface area (Å²) < 4.78 is 1.70. The van der Waals surface area contributed by atoms with Crippen molar-refractivity contribution < 1.29 is 0 Å². The van der Waals surface area contributed by atoms with Crippen LogP contribution in [0.2, 0.25) is 0 Å². The van der Waals surface area contributed by atoms with E-state index in [1.807, 2.05) is 43.6 Å². The molecule has 0 atom stereocenters. The molecule has 0 aliphatic heterocycles. The van der Waals surface area contributed by atoms with E-state index in [4.69, 9.17) is 5.73 Å². The normalized spacial score (nSPS) is 10.9. The van der Waals surface area contributed by atoms with Gasteiger partial charge in [-0.15, -0.1) is 0 Å². The second-order valence-electron chi connectivity index (χ2n) is 4.22. The quantitative estimate of drug-likeness (QED) is 0.736. The molecule has 0 aliphatic carbocycles.